The van der Waals surface area contributed by atoms with Crippen LogP contribution >= 0.6 is 27.5 Å². The first-order valence-corrected chi connectivity index (χ1v) is 7.02. The first-order valence-electron chi connectivity index (χ1n) is 5.85. The molecule has 2 aromatic carbocycles. The van der Waals surface area contributed by atoms with Gasteiger partial charge in [-0.05, 0) is 34.1 Å². The second-order valence-electron chi connectivity index (χ2n) is 4.11. The summed E-state index contributed by atoms with van der Waals surface area (Å²) < 4.78 is 5.71. The van der Waals surface area contributed by atoms with Gasteiger partial charge in [-0.1, -0.05) is 29.8 Å². The Labute approximate surface area is 133 Å². The van der Waals surface area contributed by atoms with E-state index in [0.29, 0.717) is 20.8 Å². The number of carbonyl (C=O) groups excluding carboxylic acids is 1. The van der Waals surface area contributed by atoms with Gasteiger partial charge in [0.25, 0.3) is 5.69 Å². The van der Waals surface area contributed by atoms with Gasteiger partial charge in [-0.3, -0.25) is 14.9 Å². The van der Waals surface area contributed by atoms with E-state index in [1.165, 1.54) is 12.1 Å². The second kappa shape index (κ2) is 6.69. The van der Waals surface area contributed by atoms with Crippen molar-refractivity contribution in [1.82, 2.24) is 0 Å². The van der Waals surface area contributed by atoms with Gasteiger partial charge in [0, 0.05) is 16.7 Å². The number of nitro groups is 1. The summed E-state index contributed by atoms with van der Waals surface area (Å²) in [5.41, 5.74) is 0.196. The predicted octanol–water partition coefficient (Wildman–Crippen LogP) is 4.16. The van der Waals surface area contributed by atoms with Gasteiger partial charge in [-0.25, -0.2) is 0 Å². The molecular formula is C14H9BrClNO4. The van der Waals surface area contributed by atoms with Gasteiger partial charge in [-0.15, -0.1) is 0 Å². The summed E-state index contributed by atoms with van der Waals surface area (Å²) in [6.45, 7) is 0. The van der Waals surface area contributed by atoms with E-state index < -0.39 is 10.9 Å². The fourth-order valence-corrected chi connectivity index (χ4v) is 2.47. The van der Waals surface area contributed by atoms with Gasteiger partial charge in [0.2, 0.25) is 0 Å². The number of rotatable bonds is 4. The van der Waals surface area contributed by atoms with Crippen molar-refractivity contribution in [3.05, 3.63) is 67.6 Å². The van der Waals surface area contributed by atoms with Crippen LogP contribution in [0.2, 0.25) is 5.02 Å². The Morgan fingerprint density at radius 2 is 2.00 bits per heavy atom. The van der Waals surface area contributed by atoms with E-state index in [2.05, 4.69) is 15.9 Å². The lowest BCUT2D eigenvalue weighted by Gasteiger charge is -2.07. The Kier molecular flexibility index (Phi) is 4.93. The molecule has 0 atom stereocenters. The molecule has 0 saturated heterocycles. The number of halogens is 2. The molecule has 0 spiro atoms. The minimum atomic E-state index is -0.590. The van der Waals surface area contributed by atoms with E-state index in [1.807, 2.05) is 0 Å². The topological polar surface area (TPSA) is 69.4 Å². The van der Waals surface area contributed by atoms with Crippen molar-refractivity contribution in [2.45, 2.75) is 6.42 Å². The zero-order valence-corrected chi connectivity index (χ0v) is 12.9. The summed E-state index contributed by atoms with van der Waals surface area (Å²) in [4.78, 5) is 22.3. The first-order chi connectivity index (χ1) is 9.97. The molecule has 0 unspecified atom stereocenters. The molecule has 0 radical (unpaired) electrons. The van der Waals surface area contributed by atoms with E-state index in [0.717, 1.165) is 0 Å². The average molecular weight is 371 g/mol. The van der Waals surface area contributed by atoms with Crippen LogP contribution in [0.1, 0.15) is 5.56 Å². The van der Waals surface area contributed by atoms with Gasteiger partial charge in [-0.2, -0.15) is 0 Å². The smallest absolute Gasteiger partial charge is 0.315 e. The van der Waals surface area contributed by atoms with E-state index in [-0.39, 0.29) is 12.1 Å². The summed E-state index contributed by atoms with van der Waals surface area (Å²) in [7, 11) is 0. The molecule has 0 aromatic heterocycles. The van der Waals surface area contributed by atoms with Crippen LogP contribution in [-0.4, -0.2) is 10.9 Å². The van der Waals surface area contributed by atoms with E-state index in [9.17, 15) is 14.9 Å². The van der Waals surface area contributed by atoms with Crippen LogP contribution in [0.15, 0.2) is 46.9 Å². The van der Waals surface area contributed by atoms with Crippen LogP contribution in [0.5, 0.6) is 5.75 Å². The van der Waals surface area contributed by atoms with Gasteiger partial charge in [0.05, 0.1) is 15.8 Å². The Morgan fingerprint density at radius 3 is 2.67 bits per heavy atom. The van der Waals surface area contributed by atoms with Gasteiger partial charge >= 0.3 is 5.97 Å². The molecule has 0 saturated carbocycles. The maximum absolute atomic E-state index is 11.9. The molecule has 7 heteroatoms. The Hall–Kier alpha value is -1.92. The fourth-order valence-electron chi connectivity index (χ4n) is 1.71. The van der Waals surface area contributed by atoms with Crippen molar-refractivity contribution in [2.75, 3.05) is 0 Å². The summed E-state index contributed by atoms with van der Waals surface area (Å²) in [5, 5.41) is 11.4. The number of hydrogen-bond acceptors (Lipinski definition) is 4. The largest absolute Gasteiger partial charge is 0.425 e. The van der Waals surface area contributed by atoms with Crippen molar-refractivity contribution < 1.29 is 14.5 Å². The molecule has 21 heavy (non-hydrogen) atoms. The van der Waals surface area contributed by atoms with Crippen molar-refractivity contribution in [3.63, 3.8) is 0 Å². The average Bonchev–Trinajstić information content (AvgIpc) is 2.42. The van der Waals surface area contributed by atoms with Gasteiger partial charge < -0.3 is 4.74 Å². The molecule has 0 heterocycles. The quantitative estimate of drug-likeness (QED) is 0.351. The number of carbonyl (C=O) groups is 1. The molecule has 5 nitrogen and oxygen atoms in total. The molecule has 0 bridgehead atoms. The fraction of sp³-hybridized carbons (Fsp3) is 0.0714. The van der Waals surface area contributed by atoms with E-state index in [1.54, 1.807) is 30.3 Å². The number of nitrogens with zero attached hydrogens (tertiary/aromatic N) is 1. The third-order valence-electron chi connectivity index (χ3n) is 2.64. The van der Waals surface area contributed by atoms with Crippen LogP contribution in [0.25, 0.3) is 0 Å². The van der Waals surface area contributed by atoms with Crippen LogP contribution in [0.4, 0.5) is 5.69 Å². The summed E-state index contributed by atoms with van der Waals surface area (Å²) in [6.07, 6.45) is -0.188. The van der Waals surface area contributed by atoms with Crippen LogP contribution in [0, 0.1) is 10.1 Å². The third kappa shape index (κ3) is 4.03. The Bertz CT molecular complexity index is 705. The lowest BCUT2D eigenvalue weighted by Crippen LogP contribution is -2.12. The van der Waals surface area contributed by atoms with Crippen molar-refractivity contribution in [3.8, 4) is 5.75 Å². The third-order valence-corrected chi connectivity index (χ3v) is 3.50. The van der Waals surface area contributed by atoms with Crippen molar-refractivity contribution in [2.24, 2.45) is 0 Å². The molecule has 0 amide bonds. The normalized spacial score (nSPS) is 10.2. The number of benzene rings is 2. The zero-order valence-electron chi connectivity index (χ0n) is 10.6. The highest BCUT2D eigenvalue weighted by atomic mass is 79.9. The van der Waals surface area contributed by atoms with Crippen molar-refractivity contribution in [1.29, 1.82) is 0 Å². The number of nitro benzene ring substituents is 1. The Balaban J connectivity index is 2.14. The molecule has 2 aromatic rings. The second-order valence-corrected chi connectivity index (χ2v) is 5.40. The summed E-state index contributed by atoms with van der Waals surface area (Å²) in [6, 6.07) is 10.8. The number of esters is 1. The standard InChI is InChI=1S/C14H9BrClNO4/c15-11-8-10(16)5-6-13(11)21-14(18)7-9-3-1-2-4-12(9)17(19)20/h1-6,8H,7H2. The maximum Gasteiger partial charge on any atom is 0.315 e. The highest BCUT2D eigenvalue weighted by Crippen LogP contribution is 2.28. The summed E-state index contributed by atoms with van der Waals surface area (Å²) in [5.74, 6) is -0.282. The highest BCUT2D eigenvalue weighted by molar-refractivity contribution is 9.10. The molecule has 0 aliphatic carbocycles. The van der Waals surface area contributed by atoms with Crippen LogP contribution < -0.4 is 4.74 Å². The lowest BCUT2D eigenvalue weighted by molar-refractivity contribution is -0.385. The lowest BCUT2D eigenvalue weighted by atomic mass is 10.1. The molecule has 0 aliphatic heterocycles. The molecule has 0 N–H and O–H groups in total. The number of para-hydroxylation sites is 1. The van der Waals surface area contributed by atoms with Gasteiger partial charge in [0.1, 0.15) is 5.75 Å². The Morgan fingerprint density at radius 1 is 1.29 bits per heavy atom. The predicted molar refractivity (Wildman–Crippen MR) is 81.6 cm³/mol. The minimum absolute atomic E-state index is 0.107. The van der Waals surface area contributed by atoms with E-state index >= 15 is 0 Å². The minimum Gasteiger partial charge on any atom is -0.425 e. The zero-order chi connectivity index (χ0) is 15.4. The van der Waals surface area contributed by atoms with Crippen molar-refractivity contribution >= 4 is 39.2 Å². The first kappa shape index (κ1) is 15.5. The maximum atomic E-state index is 11.9. The molecular weight excluding hydrogens is 362 g/mol. The van der Waals surface area contributed by atoms with Crippen LogP contribution in [-0.2, 0) is 11.2 Å². The molecule has 108 valence electrons. The summed E-state index contributed by atoms with van der Waals surface area (Å²) >= 11 is 9.02. The number of ether oxygens (including phenoxy) is 1. The highest BCUT2D eigenvalue weighted by Gasteiger charge is 2.17. The number of hydrogen-bond donors (Lipinski definition) is 0. The molecule has 0 fully saturated rings. The van der Waals surface area contributed by atoms with Gasteiger partial charge in [0.15, 0.2) is 0 Å². The molecule has 2 rings (SSSR count). The molecule has 0 aliphatic rings. The SMILES string of the molecule is O=C(Cc1ccccc1[N+](=O)[O-])Oc1ccc(Cl)cc1Br. The van der Waals surface area contributed by atoms with E-state index in [4.69, 9.17) is 16.3 Å². The van der Waals surface area contributed by atoms with Crippen LogP contribution in [0.3, 0.4) is 0 Å². The monoisotopic (exact) mass is 369 g/mol.